The van der Waals surface area contributed by atoms with Crippen LogP contribution in [0.4, 0.5) is 0 Å². The van der Waals surface area contributed by atoms with E-state index in [0.29, 0.717) is 26.0 Å². The highest BCUT2D eigenvalue weighted by molar-refractivity contribution is 6.32. The topological polar surface area (TPSA) is 376 Å². The molecule has 10 aliphatic rings. The number of carbonyl (C=O) groups is 6. The molecule has 14 rings (SSSR count). The van der Waals surface area contributed by atoms with Crippen molar-refractivity contribution in [2.75, 3.05) is 54.7 Å². The van der Waals surface area contributed by atoms with E-state index < -0.39 is 167 Å². The van der Waals surface area contributed by atoms with Gasteiger partial charge in [-0.25, -0.2) is 5.43 Å². The fourth-order valence-corrected chi connectivity index (χ4v) is 16.5. The van der Waals surface area contributed by atoms with Crippen LogP contribution in [-0.2, 0) is 65.1 Å². The van der Waals surface area contributed by atoms with Crippen molar-refractivity contribution < 1.29 is 117 Å². The molecule has 28 heteroatoms. The van der Waals surface area contributed by atoms with Gasteiger partial charge in [0.05, 0.1) is 97.0 Å². The SMILES string of the molecule is C.COc1cccc2c1C(=O)c1c(O)c3c(c(O)c1C2=O)C[C@@](O)(/C(CO)=N/NC(=O)C(C)C)C[C@@H]3O[C@H]1C[C@H]2[C@H](O[C@@H]3[C@@H](OC)CCCN32)[C@H](C)O1.COc1cccc2c1C(=O)c1c(O)c3c(c(O)c1C2=O)C[C@@](O)(C(=O)C(C)C)C[C@@H]3O[C@H]1C[C@H]2[C@H](O[C@@H]3[C@@H](OC)OCCN32)[C@H](C)O1. The van der Waals surface area contributed by atoms with Gasteiger partial charge in [0.15, 0.2) is 42.4 Å². The predicted octanol–water partition coefficient (Wildman–Crippen LogP) is 5.09. The second-order valence-electron chi connectivity index (χ2n) is 27.7. The molecule has 0 aromatic heterocycles. The molecule has 16 atom stereocenters. The van der Waals surface area contributed by atoms with E-state index in [1.54, 1.807) is 48.0 Å². The number of rotatable bonds is 14. The summed E-state index contributed by atoms with van der Waals surface area (Å²) in [7, 11) is 5.94. The molecule has 28 nitrogen and oxygen atoms in total. The average Bonchev–Trinajstić information content (AvgIpc) is 1.03. The number of piperidine rings is 1. The summed E-state index contributed by atoms with van der Waals surface area (Å²) in [4.78, 5) is 86.1. The number of amides is 1. The number of aliphatic hydroxyl groups is 3. The highest BCUT2D eigenvalue weighted by atomic mass is 16.7. The molecule has 4 aliphatic carbocycles. The van der Waals surface area contributed by atoms with Gasteiger partial charge in [-0.15, -0.1) is 0 Å². The number of methoxy groups -OCH3 is 4. The summed E-state index contributed by atoms with van der Waals surface area (Å²) in [5, 5.41) is 86.0. The van der Waals surface area contributed by atoms with Crippen LogP contribution in [0.2, 0.25) is 0 Å². The Bertz CT molecular complexity index is 3990. The number of ketones is 5. The van der Waals surface area contributed by atoms with Gasteiger partial charge in [-0.1, -0.05) is 59.4 Å². The minimum atomic E-state index is -2.05. The van der Waals surface area contributed by atoms with E-state index in [4.69, 9.17) is 52.1 Å². The smallest absolute Gasteiger partial charge is 0.242 e. The van der Waals surface area contributed by atoms with E-state index in [9.17, 15) is 64.5 Å². The zero-order chi connectivity index (χ0) is 70.7. The van der Waals surface area contributed by atoms with Crippen LogP contribution in [0, 0.1) is 11.8 Å². The quantitative estimate of drug-likeness (QED) is 0.0400. The Kier molecular flexibility index (Phi) is 20.1. The lowest BCUT2D eigenvalue weighted by molar-refractivity contribution is -0.256. The van der Waals surface area contributed by atoms with Gasteiger partial charge in [0.25, 0.3) is 0 Å². The number of benzene rings is 4. The molecule has 1 amide bonds. The maximum atomic E-state index is 14.1. The molecule has 6 heterocycles. The van der Waals surface area contributed by atoms with E-state index in [1.807, 2.05) is 13.8 Å². The Morgan fingerprint density at radius 1 is 0.630 bits per heavy atom. The lowest BCUT2D eigenvalue weighted by atomic mass is 9.70. The average molecular weight is 1390 g/mol. The maximum Gasteiger partial charge on any atom is 0.242 e. The summed E-state index contributed by atoms with van der Waals surface area (Å²) in [5.74, 6) is -6.96. The lowest BCUT2D eigenvalue weighted by Crippen LogP contribution is -2.55. The maximum absolute atomic E-state index is 14.1. The van der Waals surface area contributed by atoms with E-state index in [0.717, 1.165) is 19.4 Å². The molecule has 0 bridgehead atoms. The number of nitrogens with one attached hydrogen (secondary N) is 1. The third-order valence-electron chi connectivity index (χ3n) is 21.3. The van der Waals surface area contributed by atoms with Gasteiger partial charge in [-0.05, 0) is 38.8 Å². The van der Waals surface area contributed by atoms with E-state index in [1.165, 1.54) is 44.6 Å². The number of phenolic OH excluding ortho intramolecular Hbond substituents is 4. The molecule has 4 aromatic rings. The van der Waals surface area contributed by atoms with Gasteiger partial charge in [0, 0.05) is 123 Å². The van der Waals surface area contributed by atoms with Crippen LogP contribution in [0.15, 0.2) is 41.5 Å². The number of fused-ring (bicyclic) bond motifs is 12. The number of morpholine rings is 1. The fourth-order valence-electron chi connectivity index (χ4n) is 16.5. The first-order valence-electron chi connectivity index (χ1n) is 33.5. The van der Waals surface area contributed by atoms with Crippen LogP contribution >= 0.6 is 0 Å². The molecule has 0 spiro atoms. The first-order valence-corrected chi connectivity index (χ1v) is 33.5. The Hall–Kier alpha value is -7.39. The molecule has 6 fully saturated rings. The molecule has 6 saturated heterocycles. The molecule has 8 N–H and O–H groups in total. The van der Waals surface area contributed by atoms with Gasteiger partial charge >= 0.3 is 0 Å². The van der Waals surface area contributed by atoms with Gasteiger partial charge in [0.2, 0.25) is 17.5 Å². The number of Topliss-reactive ketones (excluding diaryl/α,β-unsaturated/α-hetero) is 1. The molecule has 6 aliphatic heterocycles. The number of ether oxygens (including phenoxy) is 11. The lowest BCUT2D eigenvalue weighted by Gasteiger charge is -2.44. The molecule has 0 radical (unpaired) electrons. The number of aromatic hydroxyl groups is 4. The van der Waals surface area contributed by atoms with Crippen molar-refractivity contribution in [2.24, 2.45) is 16.9 Å². The Morgan fingerprint density at radius 3 is 1.58 bits per heavy atom. The van der Waals surface area contributed by atoms with Gasteiger partial charge in [0.1, 0.15) is 64.1 Å². The Balaban J connectivity index is 0.000000189. The summed E-state index contributed by atoms with van der Waals surface area (Å²) in [6.45, 7) is 11.4. The molecular weight excluding hydrogens is 1300 g/mol. The monoisotopic (exact) mass is 1390 g/mol. The van der Waals surface area contributed by atoms with Crippen molar-refractivity contribution in [3.05, 3.63) is 103 Å². The zero-order valence-electron chi connectivity index (χ0n) is 56.6. The van der Waals surface area contributed by atoms with Crippen LogP contribution in [0.3, 0.4) is 0 Å². The number of nitrogens with zero attached hydrogens (tertiary/aromatic N) is 3. The van der Waals surface area contributed by atoms with Crippen molar-refractivity contribution in [1.29, 1.82) is 0 Å². The number of hydrogen-bond acceptors (Lipinski definition) is 27. The highest BCUT2D eigenvalue weighted by Crippen LogP contribution is 2.56. The summed E-state index contributed by atoms with van der Waals surface area (Å²) < 4.78 is 66.2. The van der Waals surface area contributed by atoms with Crippen LogP contribution < -0.4 is 14.9 Å². The third-order valence-corrected chi connectivity index (χ3v) is 21.3. The summed E-state index contributed by atoms with van der Waals surface area (Å²) in [5.41, 5.74) is -3.79. The normalized spacial score (nSPS) is 31.9. The standard InChI is InChI=1S/C37H45N3O12.C34H39NO12.CH4/c1-16(2)35(46)39-38-24(15-41)37(47)13-19-27(33(45)29-28(31(19)43)30(42)18-8-6-9-21(48-4)26(18)32(29)44)23(14-37)51-25-12-20-34(17(3)50-25)52-36-22(49-5)10-7-11-40(20)36;1-14(2)31(40)34(41)12-17-23(29(39)25-24(27(17)37)26(36)16-7-6-8-19(42-4)22(16)28(25)38)20(13-34)46-21-11-18-30(15(3)45-21)47-32-33(43-5)44-10-9-35(18)32;/h6,8-9,16-17,20,22-23,25,34,36,41,43,45,47H,7,10-15H2,1-5H3,(H,39,46);6-8,14-15,18,20-21,30,32-33,37,39,41H,9-13H2,1-5H3;1H4/b38-24+;;/t17-,20-,22-,23-,25-,34+,36+,37-;15-,18-,20-,21-,30+,32+,33-,34-;/m00./s1. The Labute approximate surface area is 577 Å². The molecule has 100 heavy (non-hydrogen) atoms. The first-order chi connectivity index (χ1) is 47.2. The second kappa shape index (κ2) is 27.8. The Morgan fingerprint density at radius 2 is 1.11 bits per heavy atom. The van der Waals surface area contributed by atoms with Crippen molar-refractivity contribution >= 4 is 40.5 Å². The van der Waals surface area contributed by atoms with Crippen LogP contribution in [0.25, 0.3) is 0 Å². The summed E-state index contributed by atoms with van der Waals surface area (Å²) in [6.07, 6.45) is -6.05. The summed E-state index contributed by atoms with van der Waals surface area (Å²) in [6, 6.07) is 8.77. The van der Waals surface area contributed by atoms with E-state index in [2.05, 4.69) is 20.3 Å². The van der Waals surface area contributed by atoms with Gasteiger partial charge in [-0.3, -0.25) is 38.6 Å². The van der Waals surface area contributed by atoms with Gasteiger partial charge < -0.3 is 87.9 Å². The van der Waals surface area contributed by atoms with Crippen molar-refractivity contribution in [3.8, 4) is 34.5 Å². The molecule has 540 valence electrons. The van der Waals surface area contributed by atoms with Crippen LogP contribution in [0.5, 0.6) is 34.5 Å². The largest absolute Gasteiger partial charge is 0.507 e. The molecule has 0 unspecified atom stereocenters. The van der Waals surface area contributed by atoms with Crippen LogP contribution in [0.1, 0.15) is 186 Å². The van der Waals surface area contributed by atoms with Crippen molar-refractivity contribution in [1.82, 2.24) is 15.2 Å². The van der Waals surface area contributed by atoms with Crippen molar-refractivity contribution in [2.45, 2.75) is 198 Å². The zero-order valence-corrected chi connectivity index (χ0v) is 56.6. The summed E-state index contributed by atoms with van der Waals surface area (Å²) >= 11 is 0. The molecular formula is C72H88N4O24. The second-order valence-corrected chi connectivity index (χ2v) is 27.7. The number of aliphatic hydroxyl groups excluding tert-OH is 1. The number of hydrogen-bond donors (Lipinski definition) is 8. The minimum Gasteiger partial charge on any atom is -0.507 e. The third kappa shape index (κ3) is 11.9. The predicted molar refractivity (Wildman–Crippen MR) is 351 cm³/mol. The molecule has 4 aromatic carbocycles. The minimum absolute atomic E-state index is 0. The van der Waals surface area contributed by atoms with E-state index >= 15 is 0 Å². The molecule has 0 saturated carbocycles. The first kappa shape index (κ1) is 72.4. The van der Waals surface area contributed by atoms with E-state index in [-0.39, 0.29) is 124 Å². The number of hydrazone groups is 1. The number of phenols is 4. The van der Waals surface area contributed by atoms with Gasteiger partial charge in [-0.2, -0.15) is 5.10 Å². The van der Waals surface area contributed by atoms with Crippen molar-refractivity contribution in [3.63, 3.8) is 0 Å². The fraction of sp³-hybridized carbons (Fsp3) is 0.569. The highest BCUT2D eigenvalue weighted by Gasteiger charge is 2.58. The van der Waals surface area contributed by atoms with Crippen LogP contribution in [-0.4, -0.2) is 226 Å². The number of carbonyl (C=O) groups excluding carboxylic acids is 6.